The molecule has 2 aromatic heterocycles. The number of fused-ring (bicyclic) bond motifs is 1. The Labute approximate surface area is 205 Å². The number of carbonyl (C=O) groups excluding carboxylic acids is 1. The number of aliphatic hydroxyl groups excluding tert-OH is 1. The SMILES string of the molecule is CCS(=O)(=O)C[C@@H](O)COc1ccc(N2Cc3cc(-c4ncc(Cl)cn4)sc3C2=O)cc1OC. The molecule has 0 radical (unpaired) electrons. The van der Waals surface area contributed by atoms with Crippen molar-refractivity contribution in [1.82, 2.24) is 9.97 Å². The molecule has 3 aromatic rings. The van der Waals surface area contributed by atoms with Crippen LogP contribution in [0.2, 0.25) is 5.02 Å². The maximum Gasteiger partial charge on any atom is 0.269 e. The van der Waals surface area contributed by atoms with Gasteiger partial charge < -0.3 is 19.5 Å². The zero-order chi connectivity index (χ0) is 24.5. The Morgan fingerprint density at radius 2 is 1.97 bits per heavy atom. The smallest absolute Gasteiger partial charge is 0.269 e. The van der Waals surface area contributed by atoms with Crippen molar-refractivity contribution < 1.29 is 27.8 Å². The number of halogens is 1. The van der Waals surface area contributed by atoms with E-state index >= 15 is 0 Å². The lowest BCUT2D eigenvalue weighted by molar-refractivity contribution is 0.1000. The van der Waals surface area contributed by atoms with E-state index in [4.69, 9.17) is 21.1 Å². The van der Waals surface area contributed by atoms with Gasteiger partial charge in [0.05, 0.1) is 34.2 Å². The lowest BCUT2D eigenvalue weighted by atomic mass is 10.2. The summed E-state index contributed by atoms with van der Waals surface area (Å²) < 4.78 is 34.3. The van der Waals surface area contributed by atoms with Crippen LogP contribution in [0.4, 0.5) is 5.69 Å². The predicted molar refractivity (Wildman–Crippen MR) is 130 cm³/mol. The summed E-state index contributed by atoms with van der Waals surface area (Å²) in [5, 5.41) is 10.4. The Balaban J connectivity index is 1.47. The maximum atomic E-state index is 13.1. The van der Waals surface area contributed by atoms with Crippen LogP contribution in [-0.4, -0.2) is 60.7 Å². The van der Waals surface area contributed by atoms with Crippen molar-refractivity contribution in [3.8, 4) is 22.2 Å². The lowest BCUT2D eigenvalue weighted by Gasteiger charge is -2.19. The number of benzene rings is 1. The molecule has 9 nitrogen and oxygen atoms in total. The van der Waals surface area contributed by atoms with Crippen molar-refractivity contribution in [2.75, 3.05) is 30.1 Å². The minimum atomic E-state index is -3.32. The molecule has 1 aromatic carbocycles. The van der Waals surface area contributed by atoms with Crippen molar-refractivity contribution in [1.29, 1.82) is 0 Å². The Bertz CT molecular complexity index is 1310. The number of thiophene rings is 1. The molecule has 0 saturated carbocycles. The summed E-state index contributed by atoms with van der Waals surface area (Å²) in [6.07, 6.45) is 1.87. The first kappa shape index (κ1) is 24.4. The normalized spacial score (nSPS) is 14.2. The number of sulfone groups is 1. The fraction of sp³-hybridized carbons (Fsp3) is 0.318. The molecule has 1 aliphatic heterocycles. The zero-order valence-electron chi connectivity index (χ0n) is 18.4. The third kappa shape index (κ3) is 5.17. The molecule has 0 aliphatic carbocycles. The molecule has 180 valence electrons. The summed E-state index contributed by atoms with van der Waals surface area (Å²) in [4.78, 5) is 24.5. The van der Waals surface area contributed by atoms with E-state index in [1.165, 1.54) is 37.8 Å². The number of aromatic nitrogens is 2. The first-order chi connectivity index (χ1) is 16.2. The van der Waals surface area contributed by atoms with Crippen molar-refractivity contribution in [3.05, 3.63) is 52.1 Å². The fourth-order valence-electron chi connectivity index (χ4n) is 3.44. The maximum absolute atomic E-state index is 13.1. The highest BCUT2D eigenvalue weighted by Crippen LogP contribution is 2.39. The van der Waals surface area contributed by atoms with Gasteiger partial charge in [0.2, 0.25) is 0 Å². The number of ether oxygens (including phenoxy) is 2. The Kier molecular flexibility index (Phi) is 7.08. The second-order valence-corrected chi connectivity index (χ2v) is 11.5. The summed E-state index contributed by atoms with van der Waals surface area (Å²) >= 11 is 7.17. The van der Waals surface area contributed by atoms with Gasteiger partial charge in [-0.25, -0.2) is 18.4 Å². The standard InChI is InChI=1S/C22H22ClN3O6S2/c1-3-34(29,30)12-16(27)11-32-17-5-4-15(7-18(17)31-2)26-10-13-6-19(33-20(13)22(26)28)21-24-8-14(23)9-25-21/h4-9,16,27H,3,10-12H2,1-2H3/t16-/m0/s1. The Morgan fingerprint density at radius 1 is 1.24 bits per heavy atom. The molecule has 12 heteroatoms. The molecule has 0 saturated heterocycles. The van der Waals surface area contributed by atoms with Gasteiger partial charge in [0, 0.05) is 29.9 Å². The topological polar surface area (TPSA) is 119 Å². The van der Waals surface area contributed by atoms with Crippen molar-refractivity contribution in [2.24, 2.45) is 0 Å². The monoisotopic (exact) mass is 523 g/mol. The van der Waals surface area contributed by atoms with E-state index in [2.05, 4.69) is 9.97 Å². The van der Waals surface area contributed by atoms with Crippen LogP contribution in [0.5, 0.6) is 11.5 Å². The highest BCUT2D eigenvalue weighted by molar-refractivity contribution is 7.91. The van der Waals surface area contributed by atoms with Crippen LogP contribution in [0.25, 0.3) is 10.7 Å². The van der Waals surface area contributed by atoms with E-state index in [0.29, 0.717) is 39.5 Å². The second-order valence-electron chi connectivity index (χ2n) is 7.58. The minimum absolute atomic E-state index is 0.0500. The lowest BCUT2D eigenvalue weighted by Crippen LogP contribution is -2.28. The first-order valence-electron chi connectivity index (χ1n) is 10.3. The molecule has 0 unspecified atom stereocenters. The second kappa shape index (κ2) is 9.87. The predicted octanol–water partition coefficient (Wildman–Crippen LogP) is 3.20. The number of methoxy groups -OCH3 is 1. The highest BCUT2D eigenvalue weighted by atomic mass is 35.5. The van der Waals surface area contributed by atoms with Gasteiger partial charge in [-0.3, -0.25) is 4.79 Å². The summed E-state index contributed by atoms with van der Waals surface area (Å²) in [6.45, 7) is 1.70. The zero-order valence-corrected chi connectivity index (χ0v) is 20.8. The Morgan fingerprint density at radius 3 is 2.62 bits per heavy atom. The van der Waals surface area contributed by atoms with Crippen LogP contribution < -0.4 is 14.4 Å². The van der Waals surface area contributed by atoms with Crippen LogP contribution >= 0.6 is 22.9 Å². The summed E-state index contributed by atoms with van der Waals surface area (Å²) in [5.74, 6) is 0.643. The molecule has 0 spiro atoms. The van der Waals surface area contributed by atoms with Crippen LogP contribution in [0, 0.1) is 0 Å². The molecule has 3 heterocycles. The molecule has 0 bridgehead atoms. The third-order valence-electron chi connectivity index (χ3n) is 5.19. The number of amides is 1. The third-order valence-corrected chi connectivity index (χ3v) is 8.32. The summed E-state index contributed by atoms with van der Waals surface area (Å²) in [6, 6.07) is 6.91. The van der Waals surface area contributed by atoms with E-state index in [1.54, 1.807) is 23.1 Å². The molecule has 1 aliphatic rings. The van der Waals surface area contributed by atoms with E-state index in [-0.39, 0.29) is 24.0 Å². The number of nitrogens with zero attached hydrogens (tertiary/aromatic N) is 3. The average molecular weight is 524 g/mol. The van der Waals surface area contributed by atoms with Crippen molar-refractivity contribution in [2.45, 2.75) is 19.6 Å². The van der Waals surface area contributed by atoms with Gasteiger partial charge in [0.25, 0.3) is 5.91 Å². The van der Waals surface area contributed by atoms with Crippen LogP contribution in [0.1, 0.15) is 22.2 Å². The summed E-state index contributed by atoms with van der Waals surface area (Å²) in [7, 11) is -1.86. The van der Waals surface area contributed by atoms with E-state index < -0.39 is 15.9 Å². The number of carbonyl (C=O) groups is 1. The minimum Gasteiger partial charge on any atom is -0.493 e. The number of hydrogen-bond acceptors (Lipinski definition) is 9. The number of rotatable bonds is 9. The van der Waals surface area contributed by atoms with E-state index in [9.17, 15) is 18.3 Å². The molecule has 1 amide bonds. The van der Waals surface area contributed by atoms with Gasteiger partial charge in [-0.2, -0.15) is 0 Å². The molecular formula is C22H22ClN3O6S2. The van der Waals surface area contributed by atoms with E-state index in [1.807, 2.05) is 6.07 Å². The summed E-state index contributed by atoms with van der Waals surface area (Å²) in [5.41, 5.74) is 1.50. The van der Waals surface area contributed by atoms with Crippen LogP contribution in [-0.2, 0) is 16.4 Å². The number of hydrogen-bond donors (Lipinski definition) is 1. The van der Waals surface area contributed by atoms with Gasteiger partial charge in [-0.1, -0.05) is 18.5 Å². The van der Waals surface area contributed by atoms with Gasteiger partial charge in [0.1, 0.15) is 12.7 Å². The number of anilines is 1. The van der Waals surface area contributed by atoms with E-state index in [0.717, 1.165) is 10.4 Å². The van der Waals surface area contributed by atoms with Crippen molar-refractivity contribution >= 4 is 44.4 Å². The van der Waals surface area contributed by atoms with Crippen molar-refractivity contribution in [3.63, 3.8) is 0 Å². The molecular weight excluding hydrogens is 502 g/mol. The molecule has 0 fully saturated rings. The average Bonchev–Trinajstić information content (AvgIpc) is 3.37. The fourth-order valence-corrected chi connectivity index (χ4v) is 5.52. The van der Waals surface area contributed by atoms with Gasteiger partial charge >= 0.3 is 0 Å². The van der Waals surface area contributed by atoms with Gasteiger partial charge in [0.15, 0.2) is 27.2 Å². The largest absolute Gasteiger partial charge is 0.493 e. The van der Waals surface area contributed by atoms with Gasteiger partial charge in [-0.15, -0.1) is 11.3 Å². The number of aliphatic hydroxyl groups is 1. The van der Waals surface area contributed by atoms with Crippen LogP contribution in [0.15, 0.2) is 36.7 Å². The molecule has 34 heavy (non-hydrogen) atoms. The Hall–Kier alpha value is -2.73. The first-order valence-corrected chi connectivity index (χ1v) is 13.3. The quantitative estimate of drug-likeness (QED) is 0.454. The molecule has 4 rings (SSSR count). The molecule has 1 atom stereocenters. The molecule has 1 N–H and O–H groups in total. The highest BCUT2D eigenvalue weighted by Gasteiger charge is 2.32. The van der Waals surface area contributed by atoms with Gasteiger partial charge in [-0.05, 0) is 23.8 Å². The van der Waals surface area contributed by atoms with Crippen LogP contribution in [0.3, 0.4) is 0 Å².